The van der Waals surface area contributed by atoms with Crippen molar-refractivity contribution in [2.45, 2.75) is 13.8 Å². The first-order valence-electron chi connectivity index (χ1n) is 4.39. The summed E-state index contributed by atoms with van der Waals surface area (Å²) >= 11 is 5.98. The highest BCUT2D eigenvalue weighted by molar-refractivity contribution is 6.33. The third kappa shape index (κ3) is 1.47. The Morgan fingerprint density at radius 1 is 1.53 bits per heavy atom. The molecule has 0 saturated carbocycles. The van der Waals surface area contributed by atoms with Crippen LogP contribution in [0.15, 0.2) is 12.3 Å². The predicted molar refractivity (Wildman–Crippen MR) is 56.6 cm³/mol. The molecule has 0 spiro atoms. The number of imidazole rings is 1. The summed E-state index contributed by atoms with van der Waals surface area (Å²) in [5, 5.41) is 9.49. The zero-order chi connectivity index (χ0) is 11.2. The fourth-order valence-electron chi connectivity index (χ4n) is 1.60. The number of halogens is 1. The molecule has 0 aliphatic rings. The van der Waals surface area contributed by atoms with E-state index < -0.39 is 5.97 Å². The summed E-state index contributed by atoms with van der Waals surface area (Å²) in [4.78, 5) is 15.1. The Kier molecular flexibility index (Phi) is 2.16. The molecule has 0 aromatic carbocycles. The molecule has 2 aromatic heterocycles. The van der Waals surface area contributed by atoms with Gasteiger partial charge in [-0.3, -0.25) is 4.40 Å². The van der Waals surface area contributed by atoms with Crippen LogP contribution in [0.3, 0.4) is 0 Å². The van der Waals surface area contributed by atoms with Gasteiger partial charge >= 0.3 is 5.97 Å². The van der Waals surface area contributed by atoms with E-state index in [4.69, 9.17) is 16.7 Å². The summed E-state index contributed by atoms with van der Waals surface area (Å²) < 4.78 is 1.51. The minimum atomic E-state index is -0.998. The molecule has 2 rings (SSSR count). The van der Waals surface area contributed by atoms with Crippen molar-refractivity contribution in [1.82, 2.24) is 9.38 Å². The van der Waals surface area contributed by atoms with Crippen molar-refractivity contribution < 1.29 is 9.90 Å². The molecule has 15 heavy (non-hydrogen) atoms. The van der Waals surface area contributed by atoms with Gasteiger partial charge in [0.2, 0.25) is 0 Å². The van der Waals surface area contributed by atoms with E-state index in [0.29, 0.717) is 16.4 Å². The summed E-state index contributed by atoms with van der Waals surface area (Å²) in [6.07, 6.45) is 1.71. The maximum atomic E-state index is 11.0. The Morgan fingerprint density at radius 3 is 2.80 bits per heavy atom. The van der Waals surface area contributed by atoms with Crippen molar-refractivity contribution in [3.63, 3.8) is 0 Å². The van der Waals surface area contributed by atoms with Crippen LogP contribution in [0.2, 0.25) is 5.02 Å². The van der Waals surface area contributed by atoms with Crippen molar-refractivity contribution in [3.05, 3.63) is 34.2 Å². The highest BCUT2D eigenvalue weighted by Crippen LogP contribution is 2.21. The zero-order valence-corrected chi connectivity index (χ0v) is 9.04. The standard InChI is InChI=1S/C10H9ClN2O2/c1-5-3-7(11)9-12-6(2)8(10(14)15)13(9)4-5/h3-4H,1-2H3,(H,14,15). The monoisotopic (exact) mass is 224 g/mol. The lowest BCUT2D eigenvalue weighted by atomic mass is 10.3. The van der Waals surface area contributed by atoms with Gasteiger partial charge in [0.1, 0.15) is 0 Å². The summed E-state index contributed by atoms with van der Waals surface area (Å²) in [6.45, 7) is 3.51. The number of rotatable bonds is 1. The van der Waals surface area contributed by atoms with Crippen LogP contribution in [-0.4, -0.2) is 20.5 Å². The smallest absolute Gasteiger partial charge is 0.354 e. The number of hydrogen-bond donors (Lipinski definition) is 1. The van der Waals surface area contributed by atoms with Gasteiger partial charge in [-0.05, 0) is 25.5 Å². The molecule has 0 bridgehead atoms. The third-order valence-corrected chi connectivity index (χ3v) is 2.47. The number of carbonyl (C=O) groups is 1. The summed E-state index contributed by atoms with van der Waals surface area (Å²) in [5.74, 6) is -0.998. The molecule has 0 saturated heterocycles. The highest BCUT2D eigenvalue weighted by Gasteiger charge is 2.16. The molecule has 5 heteroatoms. The lowest BCUT2D eigenvalue weighted by Crippen LogP contribution is -2.03. The lowest BCUT2D eigenvalue weighted by Gasteiger charge is -2.00. The lowest BCUT2D eigenvalue weighted by molar-refractivity contribution is 0.0688. The zero-order valence-electron chi connectivity index (χ0n) is 8.28. The first-order valence-corrected chi connectivity index (χ1v) is 4.76. The van der Waals surface area contributed by atoms with E-state index in [1.54, 1.807) is 19.2 Å². The molecule has 78 valence electrons. The molecular formula is C10H9ClN2O2. The molecule has 0 unspecified atom stereocenters. The van der Waals surface area contributed by atoms with Gasteiger partial charge < -0.3 is 5.11 Å². The second-order valence-corrected chi connectivity index (χ2v) is 3.82. The Bertz CT molecular complexity index is 560. The van der Waals surface area contributed by atoms with E-state index in [2.05, 4.69) is 4.98 Å². The fraction of sp³-hybridized carbons (Fsp3) is 0.200. The number of aromatic carboxylic acids is 1. The number of pyridine rings is 1. The quantitative estimate of drug-likeness (QED) is 0.809. The average Bonchev–Trinajstić information content (AvgIpc) is 2.41. The third-order valence-electron chi connectivity index (χ3n) is 2.19. The van der Waals surface area contributed by atoms with Crippen LogP contribution in [-0.2, 0) is 0 Å². The Labute approximate surface area is 91.1 Å². The molecule has 0 aliphatic carbocycles. The van der Waals surface area contributed by atoms with E-state index in [1.807, 2.05) is 6.92 Å². The maximum Gasteiger partial charge on any atom is 0.354 e. The van der Waals surface area contributed by atoms with Crippen LogP contribution in [0, 0.1) is 13.8 Å². The SMILES string of the molecule is Cc1cc(Cl)c2nc(C)c(C(=O)O)n2c1. The first-order chi connectivity index (χ1) is 7.00. The van der Waals surface area contributed by atoms with E-state index in [1.165, 1.54) is 4.40 Å². The number of carboxylic acid groups (broad SMARTS) is 1. The minimum absolute atomic E-state index is 0.163. The molecule has 0 radical (unpaired) electrons. The van der Waals surface area contributed by atoms with E-state index in [-0.39, 0.29) is 5.69 Å². The Morgan fingerprint density at radius 2 is 2.20 bits per heavy atom. The van der Waals surface area contributed by atoms with Crippen LogP contribution in [0.1, 0.15) is 21.7 Å². The first kappa shape index (κ1) is 9.98. The van der Waals surface area contributed by atoms with Crippen molar-refractivity contribution in [2.24, 2.45) is 0 Å². The Balaban J connectivity index is 2.93. The number of carboxylic acids is 1. The molecular weight excluding hydrogens is 216 g/mol. The molecule has 2 aromatic rings. The van der Waals surface area contributed by atoms with E-state index >= 15 is 0 Å². The van der Waals surface area contributed by atoms with Crippen LogP contribution in [0.5, 0.6) is 0 Å². The largest absolute Gasteiger partial charge is 0.477 e. The Hall–Kier alpha value is -1.55. The number of fused-ring (bicyclic) bond motifs is 1. The summed E-state index contributed by atoms with van der Waals surface area (Å²) in [7, 11) is 0. The number of aryl methyl sites for hydroxylation is 2. The number of hydrogen-bond acceptors (Lipinski definition) is 2. The average molecular weight is 225 g/mol. The molecule has 2 heterocycles. The predicted octanol–water partition coefficient (Wildman–Crippen LogP) is 2.30. The molecule has 1 N–H and O–H groups in total. The van der Waals surface area contributed by atoms with E-state index in [9.17, 15) is 4.79 Å². The fourth-order valence-corrected chi connectivity index (χ4v) is 1.91. The summed E-state index contributed by atoms with van der Waals surface area (Å²) in [5.41, 5.74) is 2.01. The minimum Gasteiger partial charge on any atom is -0.477 e. The van der Waals surface area contributed by atoms with Gasteiger partial charge in [-0.15, -0.1) is 0 Å². The van der Waals surface area contributed by atoms with Gasteiger partial charge in [0, 0.05) is 6.20 Å². The molecule has 4 nitrogen and oxygen atoms in total. The maximum absolute atomic E-state index is 11.0. The molecule has 0 fully saturated rings. The van der Waals surface area contributed by atoms with Crippen molar-refractivity contribution in [2.75, 3.05) is 0 Å². The topological polar surface area (TPSA) is 54.6 Å². The van der Waals surface area contributed by atoms with Crippen molar-refractivity contribution >= 4 is 23.2 Å². The van der Waals surface area contributed by atoms with Crippen LogP contribution in [0.4, 0.5) is 0 Å². The van der Waals surface area contributed by atoms with E-state index in [0.717, 1.165) is 5.56 Å². The van der Waals surface area contributed by atoms with Crippen molar-refractivity contribution in [3.8, 4) is 0 Å². The van der Waals surface area contributed by atoms with Crippen LogP contribution >= 0.6 is 11.6 Å². The normalized spacial score (nSPS) is 10.9. The second-order valence-electron chi connectivity index (χ2n) is 3.41. The number of aromatic nitrogens is 2. The molecule has 0 aliphatic heterocycles. The molecule has 0 amide bonds. The van der Waals surface area contributed by atoms with Gasteiger partial charge in [0.25, 0.3) is 0 Å². The van der Waals surface area contributed by atoms with Gasteiger partial charge in [0.15, 0.2) is 11.3 Å². The summed E-state index contributed by atoms with van der Waals surface area (Å²) in [6, 6.07) is 1.76. The van der Waals surface area contributed by atoms with Gasteiger partial charge in [-0.25, -0.2) is 9.78 Å². The number of nitrogens with zero attached hydrogens (tertiary/aromatic N) is 2. The van der Waals surface area contributed by atoms with Gasteiger partial charge in [-0.1, -0.05) is 11.6 Å². The van der Waals surface area contributed by atoms with Crippen LogP contribution in [0.25, 0.3) is 5.65 Å². The van der Waals surface area contributed by atoms with Gasteiger partial charge in [-0.2, -0.15) is 0 Å². The second kappa shape index (κ2) is 3.24. The highest BCUT2D eigenvalue weighted by atomic mass is 35.5. The molecule has 0 atom stereocenters. The van der Waals surface area contributed by atoms with Gasteiger partial charge in [0.05, 0.1) is 10.7 Å². The van der Waals surface area contributed by atoms with Crippen LogP contribution < -0.4 is 0 Å². The van der Waals surface area contributed by atoms with Crippen molar-refractivity contribution in [1.29, 1.82) is 0 Å².